The lowest BCUT2D eigenvalue weighted by atomic mass is 10.2. The fraction of sp³-hybridized carbons (Fsp3) is 0.818. The van der Waals surface area contributed by atoms with Gasteiger partial charge in [-0.15, -0.1) is 0 Å². The zero-order chi connectivity index (χ0) is 9.40. The van der Waals surface area contributed by atoms with Crippen molar-refractivity contribution in [3.8, 4) is 0 Å². The van der Waals surface area contributed by atoms with Gasteiger partial charge in [0.05, 0.1) is 0 Å². The number of hydrogen-bond acceptors (Lipinski definition) is 1. The second kappa shape index (κ2) is 7.20. The first-order chi connectivity index (χ1) is 5.79. The van der Waals surface area contributed by atoms with Gasteiger partial charge in [0.1, 0.15) is 0 Å². The Hall–Kier alpha value is -0.460. The lowest BCUT2D eigenvalue weighted by molar-refractivity contribution is 0.335. The van der Waals surface area contributed by atoms with Crippen molar-refractivity contribution in [2.24, 2.45) is 0 Å². The van der Waals surface area contributed by atoms with E-state index < -0.39 is 0 Å². The highest BCUT2D eigenvalue weighted by Crippen LogP contribution is 2.09. The van der Waals surface area contributed by atoms with Crippen LogP contribution in [0, 0.1) is 0 Å². The number of hydrogen-bond donors (Lipinski definition) is 0. The van der Waals surface area contributed by atoms with Crippen molar-refractivity contribution in [2.75, 3.05) is 13.1 Å². The Bertz CT molecular complexity index is 121. The summed E-state index contributed by atoms with van der Waals surface area (Å²) in [5.74, 6) is 0. The Morgan fingerprint density at radius 1 is 1.08 bits per heavy atom. The molecule has 0 aliphatic heterocycles. The number of allylic oxidation sites excluding steroid dienone is 2. The summed E-state index contributed by atoms with van der Waals surface area (Å²) < 4.78 is 0. The average molecular weight is 169 g/mol. The second-order valence-corrected chi connectivity index (χ2v) is 3.12. The predicted molar refractivity (Wildman–Crippen MR) is 56.2 cm³/mol. The summed E-state index contributed by atoms with van der Waals surface area (Å²) in [5.41, 5.74) is 1.50. The summed E-state index contributed by atoms with van der Waals surface area (Å²) in [7, 11) is 0. The molecular formula is C11H23N. The van der Waals surface area contributed by atoms with E-state index in [0.717, 1.165) is 6.42 Å². The van der Waals surface area contributed by atoms with Gasteiger partial charge in [-0.05, 0) is 26.2 Å². The van der Waals surface area contributed by atoms with Crippen LogP contribution in [0.15, 0.2) is 11.8 Å². The third-order valence-corrected chi connectivity index (χ3v) is 2.09. The first-order valence-corrected chi connectivity index (χ1v) is 5.20. The van der Waals surface area contributed by atoms with Crippen molar-refractivity contribution in [1.82, 2.24) is 4.90 Å². The molecule has 0 radical (unpaired) electrons. The summed E-state index contributed by atoms with van der Waals surface area (Å²) in [4.78, 5) is 2.50. The molecular weight excluding hydrogens is 146 g/mol. The Labute approximate surface area is 77.5 Å². The minimum atomic E-state index is 1.16. The molecule has 0 aliphatic rings. The summed E-state index contributed by atoms with van der Waals surface area (Å²) in [6, 6.07) is 0. The molecule has 0 fully saturated rings. The quantitative estimate of drug-likeness (QED) is 0.589. The smallest absolute Gasteiger partial charge is 0.0172 e. The number of rotatable bonds is 6. The maximum Gasteiger partial charge on any atom is 0.0172 e. The molecule has 0 heterocycles. The molecule has 0 amide bonds. The molecule has 0 saturated heterocycles. The van der Waals surface area contributed by atoms with Crippen molar-refractivity contribution in [1.29, 1.82) is 0 Å². The van der Waals surface area contributed by atoms with Crippen molar-refractivity contribution in [3.05, 3.63) is 11.8 Å². The van der Waals surface area contributed by atoms with E-state index in [1.54, 1.807) is 0 Å². The third kappa shape index (κ3) is 3.80. The molecule has 0 aliphatic carbocycles. The normalized spacial score (nSPS) is 11.8. The minimum absolute atomic E-state index is 1.16. The fourth-order valence-corrected chi connectivity index (χ4v) is 1.55. The van der Waals surface area contributed by atoms with Crippen LogP contribution in [-0.4, -0.2) is 18.0 Å². The van der Waals surface area contributed by atoms with Crippen molar-refractivity contribution < 1.29 is 0 Å². The summed E-state index contributed by atoms with van der Waals surface area (Å²) in [5, 5.41) is 0. The molecule has 0 saturated carbocycles. The molecule has 0 bridgehead atoms. The molecule has 12 heavy (non-hydrogen) atoms. The van der Waals surface area contributed by atoms with E-state index in [2.05, 4.69) is 38.7 Å². The van der Waals surface area contributed by atoms with Crippen LogP contribution in [0.3, 0.4) is 0 Å². The molecule has 0 N–H and O–H groups in total. The maximum atomic E-state index is 2.50. The monoisotopic (exact) mass is 169 g/mol. The predicted octanol–water partition coefficient (Wildman–Crippen LogP) is 3.42. The first kappa shape index (κ1) is 11.5. The van der Waals surface area contributed by atoms with Gasteiger partial charge in [-0.25, -0.2) is 0 Å². The van der Waals surface area contributed by atoms with Gasteiger partial charge < -0.3 is 4.90 Å². The van der Waals surface area contributed by atoms with E-state index in [-0.39, 0.29) is 0 Å². The zero-order valence-electron chi connectivity index (χ0n) is 9.06. The van der Waals surface area contributed by atoms with Crippen LogP contribution in [0.2, 0.25) is 0 Å². The highest BCUT2D eigenvalue weighted by molar-refractivity contribution is 4.98. The highest BCUT2D eigenvalue weighted by Gasteiger charge is 2.03. The van der Waals surface area contributed by atoms with Gasteiger partial charge in [0.25, 0.3) is 0 Å². The SMILES string of the molecule is C/C=C(/CC)N(CCC)CCC. The van der Waals surface area contributed by atoms with Crippen LogP contribution in [0.5, 0.6) is 0 Å². The van der Waals surface area contributed by atoms with E-state index in [1.165, 1.54) is 31.6 Å². The summed E-state index contributed by atoms with van der Waals surface area (Å²) in [6.07, 6.45) is 5.90. The molecule has 0 aromatic heterocycles. The third-order valence-electron chi connectivity index (χ3n) is 2.09. The molecule has 72 valence electrons. The van der Waals surface area contributed by atoms with E-state index in [4.69, 9.17) is 0 Å². The average Bonchev–Trinajstić information content (AvgIpc) is 2.07. The van der Waals surface area contributed by atoms with Gasteiger partial charge >= 0.3 is 0 Å². The Kier molecular flexibility index (Phi) is 6.93. The van der Waals surface area contributed by atoms with Crippen molar-refractivity contribution in [2.45, 2.75) is 47.0 Å². The summed E-state index contributed by atoms with van der Waals surface area (Å²) in [6.45, 7) is 11.3. The fourth-order valence-electron chi connectivity index (χ4n) is 1.55. The van der Waals surface area contributed by atoms with E-state index in [9.17, 15) is 0 Å². The highest BCUT2D eigenvalue weighted by atomic mass is 15.1. The van der Waals surface area contributed by atoms with Gasteiger partial charge in [0.2, 0.25) is 0 Å². The first-order valence-electron chi connectivity index (χ1n) is 5.20. The lowest BCUT2D eigenvalue weighted by Gasteiger charge is -2.25. The van der Waals surface area contributed by atoms with Crippen molar-refractivity contribution in [3.63, 3.8) is 0 Å². The molecule has 1 heteroatoms. The zero-order valence-corrected chi connectivity index (χ0v) is 9.06. The lowest BCUT2D eigenvalue weighted by Crippen LogP contribution is -2.24. The van der Waals surface area contributed by atoms with Crippen molar-refractivity contribution >= 4 is 0 Å². The Morgan fingerprint density at radius 2 is 1.58 bits per heavy atom. The van der Waals surface area contributed by atoms with Crippen LogP contribution in [0.25, 0.3) is 0 Å². The maximum absolute atomic E-state index is 2.50. The molecule has 0 unspecified atom stereocenters. The van der Waals surface area contributed by atoms with Gasteiger partial charge in [0.15, 0.2) is 0 Å². The second-order valence-electron chi connectivity index (χ2n) is 3.12. The van der Waals surface area contributed by atoms with Gasteiger partial charge in [0, 0.05) is 18.8 Å². The molecule has 0 spiro atoms. The van der Waals surface area contributed by atoms with Crippen LogP contribution >= 0.6 is 0 Å². The molecule has 0 atom stereocenters. The van der Waals surface area contributed by atoms with Crippen LogP contribution in [-0.2, 0) is 0 Å². The molecule has 0 rings (SSSR count). The number of nitrogens with zero attached hydrogens (tertiary/aromatic N) is 1. The van der Waals surface area contributed by atoms with Crippen LogP contribution < -0.4 is 0 Å². The largest absolute Gasteiger partial charge is 0.375 e. The van der Waals surface area contributed by atoms with Gasteiger partial charge in [-0.1, -0.05) is 26.8 Å². The van der Waals surface area contributed by atoms with E-state index >= 15 is 0 Å². The summed E-state index contributed by atoms with van der Waals surface area (Å²) >= 11 is 0. The molecule has 1 nitrogen and oxygen atoms in total. The standard InChI is InChI=1S/C11H23N/c1-5-9-12(10-6-2)11(7-3)8-4/h7H,5-6,8-10H2,1-4H3/b11-7-. The topological polar surface area (TPSA) is 3.24 Å². The Balaban J connectivity index is 4.06. The van der Waals surface area contributed by atoms with Gasteiger partial charge in [-0.2, -0.15) is 0 Å². The van der Waals surface area contributed by atoms with Crippen LogP contribution in [0.4, 0.5) is 0 Å². The van der Waals surface area contributed by atoms with E-state index in [0.29, 0.717) is 0 Å². The molecule has 0 aromatic carbocycles. The van der Waals surface area contributed by atoms with E-state index in [1.807, 2.05) is 0 Å². The Morgan fingerprint density at radius 3 is 1.83 bits per heavy atom. The molecule has 0 aromatic rings. The van der Waals surface area contributed by atoms with Gasteiger partial charge in [-0.3, -0.25) is 0 Å². The minimum Gasteiger partial charge on any atom is -0.375 e. The van der Waals surface area contributed by atoms with Crippen LogP contribution in [0.1, 0.15) is 47.0 Å².